The fraction of sp³-hybridized carbons (Fsp3) is 0.438. The predicted molar refractivity (Wildman–Crippen MR) is 80.9 cm³/mol. The molecular formula is C16H19NO6. The van der Waals surface area contributed by atoms with Gasteiger partial charge in [0.15, 0.2) is 17.3 Å². The smallest absolute Gasteiger partial charge is 0.303 e. The zero-order valence-corrected chi connectivity index (χ0v) is 12.7. The van der Waals surface area contributed by atoms with E-state index in [1.165, 1.54) is 0 Å². The summed E-state index contributed by atoms with van der Waals surface area (Å²) in [5.41, 5.74) is 0.480. The maximum absolute atomic E-state index is 12.1. The molecule has 0 radical (unpaired) electrons. The Morgan fingerprint density at radius 1 is 1.04 bits per heavy atom. The molecule has 1 aromatic carbocycles. The number of nitrogens with one attached hydrogen (secondary N) is 1. The van der Waals surface area contributed by atoms with Crippen LogP contribution in [0.1, 0.15) is 36.0 Å². The van der Waals surface area contributed by atoms with Gasteiger partial charge in [0.25, 0.3) is 0 Å². The van der Waals surface area contributed by atoms with Gasteiger partial charge in [0.2, 0.25) is 5.91 Å². The number of carbonyl (C=O) groups excluding carboxylic acids is 2. The third-order valence-electron chi connectivity index (χ3n) is 3.33. The van der Waals surface area contributed by atoms with E-state index in [2.05, 4.69) is 5.32 Å². The van der Waals surface area contributed by atoms with Gasteiger partial charge < -0.3 is 19.9 Å². The normalized spacial score (nSPS) is 12.5. The molecule has 0 fully saturated rings. The van der Waals surface area contributed by atoms with Crippen LogP contribution < -0.4 is 14.8 Å². The second-order valence-electron chi connectivity index (χ2n) is 5.13. The molecule has 2 rings (SSSR count). The maximum Gasteiger partial charge on any atom is 0.303 e. The van der Waals surface area contributed by atoms with E-state index in [1.54, 1.807) is 18.2 Å². The number of carboxylic acids is 1. The minimum absolute atomic E-state index is 0.0103. The van der Waals surface area contributed by atoms with Crippen LogP contribution in [0, 0.1) is 0 Å². The van der Waals surface area contributed by atoms with Crippen LogP contribution in [-0.2, 0) is 9.59 Å². The minimum Gasteiger partial charge on any atom is -0.486 e. The van der Waals surface area contributed by atoms with E-state index in [0.717, 1.165) is 0 Å². The number of benzene rings is 1. The summed E-state index contributed by atoms with van der Waals surface area (Å²) in [5, 5.41) is 11.1. The van der Waals surface area contributed by atoms with E-state index in [4.69, 9.17) is 14.6 Å². The van der Waals surface area contributed by atoms with Gasteiger partial charge in [-0.2, -0.15) is 0 Å². The van der Waals surface area contributed by atoms with E-state index in [0.29, 0.717) is 43.2 Å². The van der Waals surface area contributed by atoms with Crippen molar-refractivity contribution in [3.8, 4) is 11.5 Å². The van der Waals surface area contributed by atoms with Crippen molar-refractivity contribution >= 4 is 17.7 Å². The molecule has 0 atom stereocenters. The molecule has 23 heavy (non-hydrogen) atoms. The Labute approximate surface area is 133 Å². The zero-order valence-electron chi connectivity index (χ0n) is 12.7. The van der Waals surface area contributed by atoms with Gasteiger partial charge in [-0.25, -0.2) is 0 Å². The highest BCUT2D eigenvalue weighted by atomic mass is 16.6. The second kappa shape index (κ2) is 8.17. The van der Waals surface area contributed by atoms with Crippen LogP contribution in [0.2, 0.25) is 0 Å². The largest absolute Gasteiger partial charge is 0.486 e. The molecule has 2 N–H and O–H groups in total. The number of rotatable bonds is 8. The predicted octanol–water partition coefficient (Wildman–Crippen LogP) is 1.40. The molecule has 0 unspecified atom stereocenters. The first-order valence-corrected chi connectivity index (χ1v) is 7.47. The maximum atomic E-state index is 12.1. The molecule has 1 aromatic rings. The molecule has 0 aromatic heterocycles. The van der Waals surface area contributed by atoms with Crippen molar-refractivity contribution in [1.29, 1.82) is 0 Å². The number of carboxylic acid groups (broad SMARTS) is 1. The molecule has 0 aliphatic carbocycles. The highest BCUT2D eigenvalue weighted by molar-refractivity contribution is 5.98. The summed E-state index contributed by atoms with van der Waals surface area (Å²) in [5.74, 6) is -0.152. The van der Waals surface area contributed by atoms with Gasteiger partial charge in [0, 0.05) is 31.4 Å². The first kappa shape index (κ1) is 16.8. The van der Waals surface area contributed by atoms with Crippen LogP contribution in [0.5, 0.6) is 11.5 Å². The number of amides is 1. The molecular weight excluding hydrogens is 302 g/mol. The molecule has 1 heterocycles. The molecule has 1 amide bonds. The van der Waals surface area contributed by atoms with E-state index in [9.17, 15) is 14.4 Å². The van der Waals surface area contributed by atoms with Gasteiger partial charge in [-0.3, -0.25) is 14.4 Å². The van der Waals surface area contributed by atoms with Crippen molar-refractivity contribution in [3.63, 3.8) is 0 Å². The van der Waals surface area contributed by atoms with E-state index < -0.39 is 5.97 Å². The number of Topliss-reactive ketones (excluding diaryl/α,β-unsaturated/α-hetero) is 1. The molecule has 7 nitrogen and oxygen atoms in total. The summed E-state index contributed by atoms with van der Waals surface area (Å²) in [6.07, 6.45) is 0.540. The number of fused-ring (bicyclic) bond motifs is 1. The number of aliphatic carboxylic acids is 1. The van der Waals surface area contributed by atoms with Gasteiger partial charge >= 0.3 is 5.97 Å². The van der Waals surface area contributed by atoms with Crippen molar-refractivity contribution in [3.05, 3.63) is 23.8 Å². The summed E-state index contributed by atoms with van der Waals surface area (Å²) in [4.78, 5) is 34.0. The van der Waals surface area contributed by atoms with Crippen LogP contribution in [-0.4, -0.2) is 42.5 Å². The Morgan fingerprint density at radius 2 is 1.78 bits per heavy atom. The number of hydrogen-bond acceptors (Lipinski definition) is 5. The monoisotopic (exact) mass is 321 g/mol. The molecule has 0 spiro atoms. The van der Waals surface area contributed by atoms with Gasteiger partial charge in [-0.05, 0) is 24.6 Å². The van der Waals surface area contributed by atoms with Crippen molar-refractivity contribution in [2.45, 2.75) is 25.7 Å². The lowest BCUT2D eigenvalue weighted by Crippen LogP contribution is -2.25. The van der Waals surface area contributed by atoms with E-state index in [1.807, 2.05) is 0 Å². The summed E-state index contributed by atoms with van der Waals surface area (Å²) >= 11 is 0. The lowest BCUT2D eigenvalue weighted by molar-refractivity contribution is -0.137. The standard InChI is InChI=1S/C16H19NO6/c18-12(4-6-15(19)17-7-1-2-16(20)21)11-3-5-13-14(10-11)23-9-8-22-13/h3,5,10H,1-2,4,6-9H2,(H,17,19)(H,20,21). The van der Waals surface area contributed by atoms with Crippen LogP contribution in [0.15, 0.2) is 18.2 Å². The highest BCUT2D eigenvalue weighted by Gasteiger charge is 2.15. The highest BCUT2D eigenvalue weighted by Crippen LogP contribution is 2.31. The van der Waals surface area contributed by atoms with Crippen molar-refractivity contribution in [2.75, 3.05) is 19.8 Å². The number of ether oxygens (including phenoxy) is 2. The van der Waals surface area contributed by atoms with E-state index in [-0.39, 0.29) is 31.0 Å². The quantitative estimate of drug-likeness (QED) is 0.554. The fourth-order valence-electron chi connectivity index (χ4n) is 2.14. The molecule has 0 bridgehead atoms. The molecule has 0 saturated carbocycles. The number of hydrogen-bond donors (Lipinski definition) is 2. The van der Waals surface area contributed by atoms with E-state index >= 15 is 0 Å². The Balaban J connectivity index is 1.76. The molecule has 1 aliphatic rings. The Morgan fingerprint density at radius 3 is 2.52 bits per heavy atom. The van der Waals surface area contributed by atoms with Gasteiger partial charge in [-0.1, -0.05) is 0 Å². The summed E-state index contributed by atoms with van der Waals surface area (Å²) in [6, 6.07) is 4.97. The van der Waals surface area contributed by atoms with Crippen molar-refractivity contribution in [1.82, 2.24) is 5.32 Å². The van der Waals surface area contributed by atoms with Crippen LogP contribution in [0.4, 0.5) is 0 Å². The van der Waals surface area contributed by atoms with Gasteiger partial charge in [0.1, 0.15) is 13.2 Å². The average Bonchev–Trinajstić information content (AvgIpc) is 2.56. The summed E-state index contributed by atoms with van der Waals surface area (Å²) in [7, 11) is 0. The summed E-state index contributed by atoms with van der Waals surface area (Å²) in [6.45, 7) is 1.23. The first-order chi connectivity index (χ1) is 11.1. The minimum atomic E-state index is -0.895. The van der Waals surface area contributed by atoms with Gasteiger partial charge in [-0.15, -0.1) is 0 Å². The number of ketones is 1. The second-order valence-corrected chi connectivity index (χ2v) is 5.13. The molecule has 1 aliphatic heterocycles. The fourth-order valence-corrected chi connectivity index (χ4v) is 2.14. The lowest BCUT2D eigenvalue weighted by atomic mass is 10.1. The topological polar surface area (TPSA) is 102 Å². The summed E-state index contributed by atoms with van der Waals surface area (Å²) < 4.78 is 10.8. The molecule has 7 heteroatoms. The molecule has 0 saturated heterocycles. The van der Waals surface area contributed by atoms with Crippen molar-refractivity contribution in [2.24, 2.45) is 0 Å². The third-order valence-corrected chi connectivity index (χ3v) is 3.33. The average molecular weight is 321 g/mol. The lowest BCUT2D eigenvalue weighted by Gasteiger charge is -2.18. The Kier molecular flexibility index (Phi) is 5.96. The van der Waals surface area contributed by atoms with Crippen LogP contribution in [0.25, 0.3) is 0 Å². The SMILES string of the molecule is O=C(O)CCCNC(=O)CCC(=O)c1ccc2c(c1)OCCO2. The molecule has 124 valence electrons. The zero-order chi connectivity index (χ0) is 16.7. The van der Waals surface area contributed by atoms with Crippen LogP contribution >= 0.6 is 0 Å². The Bertz CT molecular complexity index is 598. The van der Waals surface area contributed by atoms with Gasteiger partial charge in [0.05, 0.1) is 0 Å². The first-order valence-electron chi connectivity index (χ1n) is 7.47. The Hall–Kier alpha value is -2.57. The number of carbonyl (C=O) groups is 3. The third kappa shape index (κ3) is 5.28. The van der Waals surface area contributed by atoms with Crippen molar-refractivity contribution < 1.29 is 29.0 Å². The van der Waals surface area contributed by atoms with Crippen LogP contribution in [0.3, 0.4) is 0 Å².